The third kappa shape index (κ3) is 11.4. The molecule has 0 radical (unpaired) electrons. The summed E-state index contributed by atoms with van der Waals surface area (Å²) in [6, 6.07) is 46.7. The van der Waals surface area contributed by atoms with E-state index in [-0.39, 0.29) is 19.6 Å². The van der Waals surface area contributed by atoms with Gasteiger partial charge in [0.2, 0.25) is 19.7 Å². The van der Waals surface area contributed by atoms with E-state index in [9.17, 15) is 16.8 Å². The van der Waals surface area contributed by atoms with Crippen molar-refractivity contribution < 1.29 is 35.8 Å². The van der Waals surface area contributed by atoms with Crippen LogP contribution < -0.4 is 18.9 Å². The van der Waals surface area contributed by atoms with Crippen LogP contribution in [0.2, 0.25) is 0 Å². The second-order valence-corrected chi connectivity index (χ2v) is 23.1. The molecule has 74 heavy (non-hydrogen) atoms. The highest BCUT2D eigenvalue weighted by Crippen LogP contribution is 2.40. The summed E-state index contributed by atoms with van der Waals surface area (Å²) in [7, 11) is -6.05. The van der Waals surface area contributed by atoms with Crippen molar-refractivity contribution in [2.45, 2.75) is 93.2 Å². The summed E-state index contributed by atoms with van der Waals surface area (Å²) in [6.07, 6.45) is 7.14. The van der Waals surface area contributed by atoms with E-state index in [1.54, 1.807) is 84.9 Å². The number of methoxy groups -OCH3 is 1. The second kappa shape index (κ2) is 21.8. The van der Waals surface area contributed by atoms with Crippen molar-refractivity contribution in [2.75, 3.05) is 7.11 Å². The normalized spacial score (nSPS) is 11.9. The smallest absolute Gasteiger partial charge is 0.206 e. The fourth-order valence-electron chi connectivity index (χ4n) is 9.11. The standard InChI is InChI=1S/C64H62O8S2/c1-11-13-49-40-51(15-33-61(49)70-54-19-27-58(28-20-54)73(65,66)57-25-17-53(69-10)18-26-57)64(8,9)52-16-34-62(50(41-52)14-12-2)71-55-21-29-59(30-22-55)74(67,68)60-31-23-56(24-32-60)72-63-44(5)37-48(38-45(63)6)39-47-35-42(3)46(7)43(4)36-47/h11-12,14-38,40-41H,1,13,39H2,2-10H3/b14-12+. The number of hydrogen-bond acceptors (Lipinski definition) is 8. The molecule has 0 fully saturated rings. The summed E-state index contributed by atoms with van der Waals surface area (Å²) in [6.45, 7) is 20.8. The lowest BCUT2D eigenvalue weighted by molar-refractivity contribution is 0.414. The third-order valence-electron chi connectivity index (χ3n) is 13.6. The summed E-state index contributed by atoms with van der Waals surface area (Å²) < 4.78 is 78.6. The number of benzene rings is 8. The SMILES string of the molecule is C=CCc1cc(C(C)(C)c2ccc(Oc3ccc(S(=O)(=O)c4ccc(Oc5c(C)cc(Cc6cc(C)c(C)c(C)c6)cc5C)cc4)cc3)c(/C=C/C)c2)ccc1Oc1ccc(S(=O)(=O)c2ccc(OC)cc2)cc1. The molecule has 0 saturated carbocycles. The van der Waals surface area contributed by atoms with Crippen LogP contribution in [0.25, 0.3) is 6.08 Å². The molecule has 0 amide bonds. The van der Waals surface area contributed by atoms with Gasteiger partial charge >= 0.3 is 0 Å². The maximum atomic E-state index is 13.8. The van der Waals surface area contributed by atoms with Crippen molar-refractivity contribution in [1.29, 1.82) is 0 Å². The van der Waals surface area contributed by atoms with Crippen LogP contribution in [-0.4, -0.2) is 23.9 Å². The van der Waals surface area contributed by atoms with Gasteiger partial charge < -0.3 is 18.9 Å². The number of allylic oxidation sites excluding steroid dienone is 2. The highest BCUT2D eigenvalue weighted by Gasteiger charge is 2.26. The van der Waals surface area contributed by atoms with E-state index in [1.807, 2.05) is 63.3 Å². The molecule has 0 spiro atoms. The average Bonchev–Trinajstić information content (AvgIpc) is 3.38. The molecule has 0 aromatic heterocycles. The Bertz CT molecular complexity index is 3570. The number of hydrogen-bond donors (Lipinski definition) is 0. The summed E-state index contributed by atoms with van der Waals surface area (Å²) in [5, 5.41) is 0. The van der Waals surface area contributed by atoms with Crippen molar-refractivity contribution in [2.24, 2.45) is 0 Å². The summed E-state index contributed by atoms with van der Waals surface area (Å²) >= 11 is 0. The van der Waals surface area contributed by atoms with Crippen molar-refractivity contribution in [3.05, 3.63) is 238 Å². The van der Waals surface area contributed by atoms with E-state index in [2.05, 4.69) is 77.6 Å². The van der Waals surface area contributed by atoms with Gasteiger partial charge in [0.1, 0.15) is 40.2 Å². The van der Waals surface area contributed by atoms with E-state index < -0.39 is 25.1 Å². The Hall–Kier alpha value is -7.66. The summed E-state index contributed by atoms with van der Waals surface area (Å²) in [5.41, 5.74) is 11.8. The molecule has 0 atom stereocenters. The van der Waals surface area contributed by atoms with Crippen LogP contribution in [-0.2, 0) is 37.9 Å². The lowest BCUT2D eigenvalue weighted by Crippen LogP contribution is -2.19. The molecular formula is C64H62O8S2. The first-order chi connectivity index (χ1) is 35.3. The molecule has 0 bridgehead atoms. The zero-order chi connectivity index (χ0) is 53.0. The molecule has 8 rings (SSSR count). The number of ether oxygens (including phenoxy) is 4. The molecule has 0 N–H and O–H groups in total. The van der Waals surface area contributed by atoms with Gasteiger partial charge in [-0.3, -0.25) is 0 Å². The van der Waals surface area contributed by atoms with Crippen molar-refractivity contribution >= 4 is 25.8 Å². The Labute approximate surface area is 437 Å². The lowest BCUT2D eigenvalue weighted by atomic mass is 9.77. The average molecular weight is 1020 g/mol. The molecule has 8 aromatic rings. The maximum Gasteiger partial charge on any atom is 0.206 e. The molecule has 0 aliphatic rings. The Morgan fingerprint density at radius 2 is 0.905 bits per heavy atom. The number of rotatable bonds is 18. The molecule has 0 unspecified atom stereocenters. The summed E-state index contributed by atoms with van der Waals surface area (Å²) in [5.74, 6) is 4.12. The summed E-state index contributed by atoms with van der Waals surface area (Å²) in [4.78, 5) is 0.632. The molecule has 0 aliphatic heterocycles. The molecule has 378 valence electrons. The first-order valence-corrected chi connectivity index (χ1v) is 27.4. The largest absolute Gasteiger partial charge is 0.497 e. The molecule has 8 nitrogen and oxygen atoms in total. The second-order valence-electron chi connectivity index (χ2n) is 19.2. The van der Waals surface area contributed by atoms with Crippen LogP contribution in [0.3, 0.4) is 0 Å². The van der Waals surface area contributed by atoms with Crippen LogP contribution in [0.4, 0.5) is 0 Å². The van der Waals surface area contributed by atoms with Gasteiger partial charge in [-0.15, -0.1) is 6.58 Å². The van der Waals surface area contributed by atoms with Crippen molar-refractivity contribution in [3.8, 4) is 40.2 Å². The maximum absolute atomic E-state index is 13.8. The minimum absolute atomic E-state index is 0.145. The molecule has 0 saturated heterocycles. The zero-order valence-electron chi connectivity index (χ0n) is 43.4. The van der Waals surface area contributed by atoms with Gasteiger partial charge in [-0.1, -0.05) is 74.5 Å². The van der Waals surface area contributed by atoms with Crippen LogP contribution in [0.5, 0.6) is 40.2 Å². The molecule has 0 aliphatic carbocycles. The van der Waals surface area contributed by atoms with Gasteiger partial charge in [-0.25, -0.2) is 16.8 Å². The van der Waals surface area contributed by atoms with Gasteiger partial charge in [-0.2, -0.15) is 0 Å². The van der Waals surface area contributed by atoms with Crippen LogP contribution in [0.1, 0.15) is 82.0 Å². The van der Waals surface area contributed by atoms with Crippen LogP contribution >= 0.6 is 0 Å². The fourth-order valence-corrected chi connectivity index (χ4v) is 11.6. The monoisotopic (exact) mass is 1020 g/mol. The highest BCUT2D eigenvalue weighted by atomic mass is 32.2. The van der Waals surface area contributed by atoms with E-state index in [0.29, 0.717) is 40.9 Å². The van der Waals surface area contributed by atoms with Gasteiger partial charge in [0.05, 0.1) is 26.7 Å². The Morgan fingerprint density at radius 3 is 1.35 bits per heavy atom. The molecule has 0 heterocycles. The van der Waals surface area contributed by atoms with E-state index >= 15 is 0 Å². The predicted molar refractivity (Wildman–Crippen MR) is 296 cm³/mol. The first-order valence-electron chi connectivity index (χ1n) is 24.5. The predicted octanol–water partition coefficient (Wildman–Crippen LogP) is 16.0. The van der Waals surface area contributed by atoms with E-state index in [0.717, 1.165) is 45.6 Å². The highest BCUT2D eigenvalue weighted by molar-refractivity contribution is 7.91. The van der Waals surface area contributed by atoms with Crippen molar-refractivity contribution in [1.82, 2.24) is 0 Å². The number of sulfone groups is 2. The van der Waals surface area contributed by atoms with Gasteiger partial charge in [0.25, 0.3) is 0 Å². The topological polar surface area (TPSA) is 105 Å². The van der Waals surface area contributed by atoms with E-state index in [4.69, 9.17) is 18.9 Å². The lowest BCUT2D eigenvalue weighted by Gasteiger charge is -2.28. The Morgan fingerprint density at radius 1 is 0.500 bits per heavy atom. The van der Waals surface area contributed by atoms with Crippen molar-refractivity contribution in [3.63, 3.8) is 0 Å². The van der Waals surface area contributed by atoms with Gasteiger partial charge in [-0.05, 0) is 225 Å². The van der Waals surface area contributed by atoms with Gasteiger partial charge in [0, 0.05) is 11.0 Å². The quantitative estimate of drug-likeness (QED) is 0.0783. The molecular weight excluding hydrogens is 961 g/mol. The van der Waals surface area contributed by atoms with Crippen LogP contribution in [0, 0.1) is 34.6 Å². The third-order valence-corrected chi connectivity index (χ3v) is 17.2. The van der Waals surface area contributed by atoms with Gasteiger partial charge in [0.15, 0.2) is 0 Å². The Kier molecular flexibility index (Phi) is 15.5. The first kappa shape index (κ1) is 52.7. The molecule has 8 aromatic carbocycles. The Balaban J connectivity index is 0.933. The van der Waals surface area contributed by atoms with Crippen LogP contribution in [0.15, 0.2) is 196 Å². The molecule has 10 heteroatoms. The fraction of sp³-hybridized carbons (Fsp3) is 0.188. The zero-order valence-corrected chi connectivity index (χ0v) is 45.1. The minimum Gasteiger partial charge on any atom is -0.497 e. The number of aryl methyl sites for hydroxylation is 4. The minimum atomic E-state index is -3.85. The van der Waals surface area contributed by atoms with E-state index in [1.165, 1.54) is 47.1 Å².